The van der Waals surface area contributed by atoms with Crippen LogP contribution in [0.3, 0.4) is 0 Å². The third kappa shape index (κ3) is 5.79. The third-order valence-electron chi connectivity index (χ3n) is 6.55. The molecule has 184 valence electrons. The van der Waals surface area contributed by atoms with Gasteiger partial charge in [-0.05, 0) is 84.7 Å². The molecule has 0 heterocycles. The van der Waals surface area contributed by atoms with Crippen molar-refractivity contribution in [2.75, 3.05) is 13.2 Å². The summed E-state index contributed by atoms with van der Waals surface area (Å²) in [5, 5.41) is 9.98. The number of carboxylic acid groups (broad SMARTS) is 1. The molecule has 1 atom stereocenters. The van der Waals surface area contributed by atoms with Crippen molar-refractivity contribution < 1.29 is 24.1 Å². The quantitative estimate of drug-likeness (QED) is 0.368. The van der Waals surface area contributed by atoms with Crippen LogP contribution in [0.25, 0.3) is 0 Å². The third-order valence-corrected chi connectivity index (χ3v) is 6.55. The summed E-state index contributed by atoms with van der Waals surface area (Å²) in [6.45, 7) is 8.91. The van der Waals surface area contributed by atoms with Crippen LogP contribution in [-0.2, 0) is 28.7 Å². The zero-order valence-corrected chi connectivity index (χ0v) is 21.0. The van der Waals surface area contributed by atoms with Crippen LogP contribution in [-0.4, -0.2) is 24.3 Å². The van der Waals surface area contributed by atoms with E-state index in [1.165, 1.54) is 16.7 Å². The summed E-state index contributed by atoms with van der Waals surface area (Å²) in [6.07, 6.45) is 3.21. The van der Waals surface area contributed by atoms with Gasteiger partial charge in [0.15, 0.2) is 0 Å². The molecule has 3 aromatic carbocycles. The predicted molar refractivity (Wildman–Crippen MR) is 137 cm³/mol. The summed E-state index contributed by atoms with van der Waals surface area (Å²) in [5.74, 6) is 0.977. The zero-order valence-electron chi connectivity index (χ0n) is 21.0. The maximum atomic E-state index is 12.2. The van der Waals surface area contributed by atoms with Gasteiger partial charge in [-0.15, -0.1) is 0 Å². The Balaban J connectivity index is 1.34. The van der Waals surface area contributed by atoms with E-state index >= 15 is 0 Å². The van der Waals surface area contributed by atoms with Crippen molar-refractivity contribution in [3.8, 4) is 17.2 Å². The Morgan fingerprint density at radius 1 is 0.743 bits per heavy atom. The number of carboxylic acids is 1. The summed E-state index contributed by atoms with van der Waals surface area (Å²) < 4.78 is 17.6. The number of carbonyl (C=O) groups is 1. The van der Waals surface area contributed by atoms with Crippen molar-refractivity contribution in [2.45, 2.75) is 58.0 Å². The van der Waals surface area contributed by atoms with E-state index in [0.29, 0.717) is 30.3 Å². The second-order valence-electron chi connectivity index (χ2n) is 10.2. The van der Waals surface area contributed by atoms with Crippen LogP contribution in [0.15, 0.2) is 66.7 Å². The maximum Gasteiger partial charge on any atom is 0.352 e. The topological polar surface area (TPSA) is 65.0 Å². The van der Waals surface area contributed by atoms with E-state index in [2.05, 4.69) is 32.9 Å². The molecule has 0 aromatic heterocycles. The Morgan fingerprint density at radius 2 is 1.26 bits per heavy atom. The van der Waals surface area contributed by atoms with Crippen LogP contribution < -0.4 is 14.2 Å². The fourth-order valence-electron chi connectivity index (χ4n) is 4.31. The van der Waals surface area contributed by atoms with Gasteiger partial charge in [-0.2, -0.15) is 0 Å². The molecule has 1 aliphatic carbocycles. The predicted octanol–water partition coefficient (Wildman–Crippen LogP) is 6.31. The minimum absolute atomic E-state index is 0.108. The lowest BCUT2D eigenvalue weighted by Crippen LogP contribution is -2.38. The molecular weight excluding hydrogens is 440 g/mol. The van der Waals surface area contributed by atoms with E-state index in [0.717, 1.165) is 25.0 Å². The van der Waals surface area contributed by atoms with Crippen molar-refractivity contribution in [3.05, 3.63) is 89.0 Å². The first-order chi connectivity index (χ1) is 16.6. The van der Waals surface area contributed by atoms with Gasteiger partial charge in [0.1, 0.15) is 30.5 Å². The van der Waals surface area contributed by atoms with Crippen LogP contribution in [0, 0.1) is 0 Å². The van der Waals surface area contributed by atoms with Crippen LogP contribution in [0.2, 0.25) is 0 Å². The summed E-state index contributed by atoms with van der Waals surface area (Å²) >= 11 is 0. The number of hydrogen-bond donors (Lipinski definition) is 1. The lowest BCUT2D eigenvalue weighted by Gasteiger charge is -2.27. The molecule has 0 fully saturated rings. The molecule has 5 nitrogen and oxygen atoms in total. The van der Waals surface area contributed by atoms with Crippen LogP contribution in [0.4, 0.5) is 0 Å². The Hall–Kier alpha value is -3.47. The fraction of sp³-hybridized carbons (Fsp3) is 0.367. The molecule has 0 bridgehead atoms. The highest BCUT2D eigenvalue weighted by molar-refractivity contribution is 5.79. The largest absolute Gasteiger partial charge is 0.490 e. The molecule has 4 rings (SSSR count). The normalized spacial score (nSPS) is 14.6. The van der Waals surface area contributed by atoms with E-state index in [-0.39, 0.29) is 5.41 Å². The number of ether oxygens (including phenoxy) is 3. The summed E-state index contributed by atoms with van der Waals surface area (Å²) in [5.41, 5.74) is 2.97. The lowest BCUT2D eigenvalue weighted by molar-refractivity contribution is -0.154. The van der Waals surface area contributed by atoms with E-state index < -0.39 is 11.6 Å². The number of benzene rings is 3. The second-order valence-corrected chi connectivity index (χ2v) is 10.2. The minimum atomic E-state index is -1.51. The number of aliphatic carboxylic acids is 1. The first-order valence-electron chi connectivity index (χ1n) is 12.2. The van der Waals surface area contributed by atoms with Gasteiger partial charge < -0.3 is 19.3 Å². The minimum Gasteiger partial charge on any atom is -0.490 e. The average molecular weight is 475 g/mol. The molecule has 5 heteroatoms. The highest BCUT2D eigenvalue weighted by Crippen LogP contribution is 2.33. The van der Waals surface area contributed by atoms with Gasteiger partial charge in [-0.1, -0.05) is 51.1 Å². The molecule has 1 unspecified atom stereocenters. The molecule has 0 saturated carbocycles. The molecular formula is C30H34O5. The fourth-order valence-corrected chi connectivity index (χ4v) is 4.31. The molecule has 35 heavy (non-hydrogen) atoms. The van der Waals surface area contributed by atoms with Crippen LogP contribution in [0.5, 0.6) is 17.2 Å². The average Bonchev–Trinajstić information content (AvgIpc) is 3.30. The first kappa shape index (κ1) is 24.6. The molecule has 0 aliphatic heterocycles. The zero-order chi connectivity index (χ0) is 25.1. The van der Waals surface area contributed by atoms with Gasteiger partial charge in [-0.25, -0.2) is 4.79 Å². The standard InChI is InChI=1S/C30H34O5/c1-29(2,3)23-9-14-25(15-10-23)33-18-19-34-26-16-11-24(12-17-26)30(4,28(31)32)35-27-13-8-21-6-5-7-22(21)20-27/h8-17,20H,5-7,18-19H2,1-4H3,(H,31,32). The summed E-state index contributed by atoms with van der Waals surface area (Å²) in [4.78, 5) is 12.2. The van der Waals surface area contributed by atoms with Crippen LogP contribution in [0.1, 0.15) is 56.4 Å². The molecule has 0 amide bonds. The van der Waals surface area contributed by atoms with Gasteiger partial charge >= 0.3 is 5.97 Å². The number of fused-ring (bicyclic) bond motifs is 1. The summed E-state index contributed by atoms with van der Waals surface area (Å²) in [6, 6.07) is 21.0. The first-order valence-corrected chi connectivity index (χ1v) is 12.2. The molecule has 1 N–H and O–H groups in total. The highest BCUT2D eigenvalue weighted by Gasteiger charge is 2.38. The molecule has 0 radical (unpaired) electrons. The second kappa shape index (κ2) is 10.0. The Bertz CT molecular complexity index is 1160. The van der Waals surface area contributed by atoms with E-state index in [9.17, 15) is 9.90 Å². The van der Waals surface area contributed by atoms with Crippen molar-refractivity contribution in [1.82, 2.24) is 0 Å². The number of aryl methyl sites for hydroxylation is 2. The van der Waals surface area contributed by atoms with Crippen molar-refractivity contribution >= 4 is 5.97 Å². The van der Waals surface area contributed by atoms with Crippen LogP contribution >= 0.6 is 0 Å². The molecule has 0 spiro atoms. The Labute approximate surface area is 207 Å². The van der Waals surface area contributed by atoms with Crippen molar-refractivity contribution in [3.63, 3.8) is 0 Å². The van der Waals surface area contributed by atoms with E-state index in [1.54, 1.807) is 31.2 Å². The SMILES string of the molecule is CC(C)(C)c1ccc(OCCOc2ccc(C(C)(Oc3ccc4c(c3)CCC4)C(=O)O)cc2)cc1. The highest BCUT2D eigenvalue weighted by atomic mass is 16.5. The molecule has 3 aromatic rings. The van der Waals surface area contributed by atoms with Gasteiger partial charge in [-0.3, -0.25) is 0 Å². The smallest absolute Gasteiger partial charge is 0.352 e. The molecule has 1 aliphatic rings. The van der Waals surface area contributed by atoms with E-state index in [1.807, 2.05) is 30.3 Å². The maximum absolute atomic E-state index is 12.2. The van der Waals surface area contributed by atoms with E-state index in [4.69, 9.17) is 14.2 Å². The van der Waals surface area contributed by atoms with Gasteiger partial charge in [0.25, 0.3) is 0 Å². The number of hydrogen-bond acceptors (Lipinski definition) is 4. The molecule has 0 saturated heterocycles. The van der Waals surface area contributed by atoms with Gasteiger partial charge in [0.2, 0.25) is 5.60 Å². The Morgan fingerprint density at radius 3 is 1.80 bits per heavy atom. The monoisotopic (exact) mass is 474 g/mol. The number of rotatable bonds is 9. The van der Waals surface area contributed by atoms with Gasteiger partial charge in [0.05, 0.1) is 0 Å². The van der Waals surface area contributed by atoms with Gasteiger partial charge in [0, 0.05) is 5.56 Å². The lowest BCUT2D eigenvalue weighted by atomic mass is 9.87. The van der Waals surface area contributed by atoms with Crippen molar-refractivity contribution in [1.29, 1.82) is 0 Å². The Kier molecular flexibility index (Phi) is 7.06. The van der Waals surface area contributed by atoms with Crippen molar-refractivity contribution in [2.24, 2.45) is 0 Å². The summed E-state index contributed by atoms with van der Waals surface area (Å²) in [7, 11) is 0.